The van der Waals surface area contributed by atoms with Crippen LogP contribution < -0.4 is 4.74 Å². The minimum absolute atomic E-state index is 0.00437. The first kappa shape index (κ1) is 16.7. The molecule has 1 aliphatic rings. The second kappa shape index (κ2) is 7.17. The summed E-state index contributed by atoms with van der Waals surface area (Å²) in [5.74, 6) is -1.44. The van der Waals surface area contributed by atoms with Gasteiger partial charge in [-0.2, -0.15) is 0 Å². The summed E-state index contributed by atoms with van der Waals surface area (Å²) in [5, 5.41) is 0. The van der Waals surface area contributed by atoms with Crippen LogP contribution >= 0.6 is 0 Å². The van der Waals surface area contributed by atoms with Gasteiger partial charge >= 0.3 is 6.09 Å². The fraction of sp³-hybridized carbons (Fsp3) is 0.158. The van der Waals surface area contributed by atoms with Crippen LogP contribution in [-0.4, -0.2) is 30.6 Å². The summed E-state index contributed by atoms with van der Waals surface area (Å²) >= 11 is 0. The molecule has 3 rings (SSSR count). The van der Waals surface area contributed by atoms with E-state index in [2.05, 4.69) is 0 Å². The SMILES string of the molecule is COc1ccc(/C=C(\F)C(=O)N2C(=O)OCC2c2ccccc2)cc1. The first-order valence-electron chi connectivity index (χ1n) is 7.66. The van der Waals surface area contributed by atoms with Gasteiger partial charge in [-0.1, -0.05) is 42.5 Å². The lowest BCUT2D eigenvalue weighted by molar-refractivity contribution is -0.126. The van der Waals surface area contributed by atoms with E-state index >= 15 is 0 Å². The standard InChI is InChI=1S/C19H16FNO4/c1-24-15-9-7-13(8-10-15)11-16(20)18(22)21-17(12-25-19(21)23)14-5-3-2-4-6-14/h2-11,17H,12H2,1H3/b16-11-. The van der Waals surface area contributed by atoms with Crippen LogP contribution in [-0.2, 0) is 9.53 Å². The Bertz CT molecular complexity index is 802. The highest BCUT2D eigenvalue weighted by molar-refractivity contribution is 6.04. The van der Waals surface area contributed by atoms with Crippen LogP contribution in [0.15, 0.2) is 60.4 Å². The first-order valence-corrected chi connectivity index (χ1v) is 7.66. The lowest BCUT2D eigenvalue weighted by Crippen LogP contribution is -2.34. The van der Waals surface area contributed by atoms with Crippen molar-refractivity contribution in [1.82, 2.24) is 4.90 Å². The van der Waals surface area contributed by atoms with E-state index in [9.17, 15) is 14.0 Å². The molecule has 5 nitrogen and oxygen atoms in total. The zero-order chi connectivity index (χ0) is 17.8. The van der Waals surface area contributed by atoms with E-state index < -0.39 is 23.9 Å². The number of hydrogen-bond donors (Lipinski definition) is 0. The number of nitrogens with zero attached hydrogens (tertiary/aromatic N) is 1. The van der Waals surface area contributed by atoms with Crippen LogP contribution in [0.5, 0.6) is 5.75 Å². The number of benzene rings is 2. The molecular weight excluding hydrogens is 325 g/mol. The molecule has 0 radical (unpaired) electrons. The molecule has 1 saturated heterocycles. The van der Waals surface area contributed by atoms with Crippen molar-refractivity contribution in [3.63, 3.8) is 0 Å². The number of methoxy groups -OCH3 is 1. The number of imide groups is 1. The summed E-state index contributed by atoms with van der Waals surface area (Å²) in [6.07, 6.45) is 0.229. The molecule has 2 aromatic carbocycles. The van der Waals surface area contributed by atoms with Crippen molar-refractivity contribution in [3.05, 3.63) is 71.6 Å². The highest BCUT2D eigenvalue weighted by Gasteiger charge is 2.40. The Labute approximate surface area is 144 Å². The van der Waals surface area contributed by atoms with Gasteiger partial charge in [-0.25, -0.2) is 14.1 Å². The Morgan fingerprint density at radius 3 is 2.52 bits per heavy atom. The molecule has 1 unspecified atom stereocenters. The van der Waals surface area contributed by atoms with Crippen LogP contribution in [0, 0.1) is 0 Å². The van der Waals surface area contributed by atoms with Gasteiger partial charge in [0.05, 0.1) is 7.11 Å². The average Bonchev–Trinajstić information content (AvgIpc) is 3.04. The molecule has 0 aliphatic carbocycles. The fourth-order valence-corrected chi connectivity index (χ4v) is 2.59. The fourth-order valence-electron chi connectivity index (χ4n) is 2.59. The average molecular weight is 341 g/mol. The van der Waals surface area contributed by atoms with Gasteiger partial charge in [0.25, 0.3) is 5.91 Å². The molecule has 0 bridgehead atoms. The van der Waals surface area contributed by atoms with Crippen molar-refractivity contribution in [2.75, 3.05) is 13.7 Å². The second-order valence-electron chi connectivity index (χ2n) is 5.44. The lowest BCUT2D eigenvalue weighted by Gasteiger charge is -2.19. The quantitative estimate of drug-likeness (QED) is 0.795. The minimum Gasteiger partial charge on any atom is -0.497 e. The predicted molar refractivity (Wildman–Crippen MR) is 89.5 cm³/mol. The molecule has 1 aliphatic heterocycles. The maximum atomic E-state index is 14.4. The Balaban J connectivity index is 1.84. The molecule has 2 aromatic rings. The molecule has 6 heteroatoms. The molecule has 0 N–H and O–H groups in total. The molecule has 0 aromatic heterocycles. The van der Waals surface area contributed by atoms with Gasteiger partial charge in [0.1, 0.15) is 18.4 Å². The maximum Gasteiger partial charge on any atom is 0.417 e. The van der Waals surface area contributed by atoms with Crippen LogP contribution in [0.2, 0.25) is 0 Å². The number of hydrogen-bond acceptors (Lipinski definition) is 4. The van der Waals surface area contributed by atoms with Gasteiger partial charge in [0.2, 0.25) is 0 Å². The summed E-state index contributed by atoms with van der Waals surface area (Å²) in [7, 11) is 1.53. The monoisotopic (exact) mass is 341 g/mol. The largest absolute Gasteiger partial charge is 0.497 e. The topological polar surface area (TPSA) is 55.8 Å². The van der Waals surface area contributed by atoms with E-state index in [0.717, 1.165) is 11.0 Å². The summed E-state index contributed by atoms with van der Waals surface area (Å²) in [5.41, 5.74) is 1.19. The normalized spacial score (nSPS) is 17.4. The zero-order valence-electron chi connectivity index (χ0n) is 13.5. The molecule has 1 fully saturated rings. The van der Waals surface area contributed by atoms with Crippen molar-refractivity contribution < 1.29 is 23.5 Å². The van der Waals surface area contributed by atoms with Crippen molar-refractivity contribution >= 4 is 18.1 Å². The van der Waals surface area contributed by atoms with E-state index in [1.165, 1.54) is 7.11 Å². The van der Waals surface area contributed by atoms with E-state index in [1.54, 1.807) is 48.5 Å². The van der Waals surface area contributed by atoms with Crippen LogP contribution in [0.4, 0.5) is 9.18 Å². The molecular formula is C19H16FNO4. The van der Waals surface area contributed by atoms with Gasteiger partial charge in [-0.05, 0) is 29.3 Å². The number of halogens is 1. The number of rotatable bonds is 4. The van der Waals surface area contributed by atoms with Gasteiger partial charge in [-0.3, -0.25) is 4.79 Å². The van der Waals surface area contributed by atoms with Crippen molar-refractivity contribution in [2.24, 2.45) is 0 Å². The second-order valence-corrected chi connectivity index (χ2v) is 5.44. The van der Waals surface area contributed by atoms with Crippen LogP contribution in [0.3, 0.4) is 0 Å². The summed E-state index contributed by atoms with van der Waals surface area (Å²) in [6.45, 7) is 0.00437. The lowest BCUT2D eigenvalue weighted by atomic mass is 10.1. The number of ether oxygens (including phenoxy) is 2. The summed E-state index contributed by atoms with van der Waals surface area (Å²) in [6, 6.07) is 14.8. The molecule has 0 saturated carbocycles. The molecule has 128 valence electrons. The van der Waals surface area contributed by atoms with Crippen molar-refractivity contribution in [1.29, 1.82) is 0 Å². The third-order valence-electron chi connectivity index (χ3n) is 3.89. The first-order chi connectivity index (χ1) is 12.1. The number of cyclic esters (lactones) is 1. The Hall–Kier alpha value is -3.15. The van der Waals surface area contributed by atoms with Gasteiger partial charge in [-0.15, -0.1) is 0 Å². The smallest absolute Gasteiger partial charge is 0.417 e. The molecule has 25 heavy (non-hydrogen) atoms. The number of carbonyl (C=O) groups is 2. The Morgan fingerprint density at radius 1 is 1.20 bits per heavy atom. The predicted octanol–water partition coefficient (Wildman–Crippen LogP) is 3.73. The van der Waals surface area contributed by atoms with E-state index in [1.807, 2.05) is 6.07 Å². The highest BCUT2D eigenvalue weighted by atomic mass is 19.1. The van der Waals surface area contributed by atoms with Gasteiger partial charge in [0.15, 0.2) is 5.83 Å². The molecule has 1 heterocycles. The van der Waals surface area contributed by atoms with Gasteiger partial charge < -0.3 is 9.47 Å². The van der Waals surface area contributed by atoms with E-state index in [4.69, 9.17) is 9.47 Å². The summed E-state index contributed by atoms with van der Waals surface area (Å²) < 4.78 is 24.4. The third kappa shape index (κ3) is 3.52. The maximum absolute atomic E-state index is 14.4. The van der Waals surface area contributed by atoms with Crippen LogP contribution in [0.25, 0.3) is 6.08 Å². The third-order valence-corrected chi connectivity index (χ3v) is 3.89. The van der Waals surface area contributed by atoms with E-state index in [-0.39, 0.29) is 6.61 Å². The van der Waals surface area contributed by atoms with E-state index in [0.29, 0.717) is 16.9 Å². The van der Waals surface area contributed by atoms with Crippen molar-refractivity contribution in [3.8, 4) is 5.75 Å². The number of amides is 2. The van der Waals surface area contributed by atoms with Gasteiger partial charge in [0, 0.05) is 0 Å². The van der Waals surface area contributed by atoms with Crippen LogP contribution in [0.1, 0.15) is 17.2 Å². The highest BCUT2D eigenvalue weighted by Crippen LogP contribution is 2.29. The minimum atomic E-state index is -1.04. The molecule has 0 spiro atoms. The zero-order valence-corrected chi connectivity index (χ0v) is 13.5. The Kier molecular flexibility index (Phi) is 4.79. The molecule has 2 amide bonds. The Morgan fingerprint density at radius 2 is 1.88 bits per heavy atom. The van der Waals surface area contributed by atoms with Crippen molar-refractivity contribution in [2.45, 2.75) is 6.04 Å². The number of carbonyl (C=O) groups excluding carboxylic acids is 2. The summed E-state index contributed by atoms with van der Waals surface area (Å²) in [4.78, 5) is 25.1. The molecule has 1 atom stereocenters.